The zero-order valence-electron chi connectivity index (χ0n) is 10.1. The maximum absolute atomic E-state index is 11.2. The molecule has 0 heterocycles. The summed E-state index contributed by atoms with van der Waals surface area (Å²) >= 11 is 0. The first-order valence-electron chi connectivity index (χ1n) is 5.38. The Labute approximate surface area is 105 Å². The van der Waals surface area contributed by atoms with Crippen LogP contribution in [0.2, 0.25) is 0 Å². The molecule has 5 nitrogen and oxygen atoms in total. The van der Waals surface area contributed by atoms with Gasteiger partial charge in [-0.1, -0.05) is 24.8 Å². The lowest BCUT2D eigenvalue weighted by Gasteiger charge is -2.08. The average Bonchev–Trinajstić information content (AvgIpc) is 2.30. The molecule has 1 aromatic rings. The second kappa shape index (κ2) is 6.44. The highest BCUT2D eigenvalue weighted by molar-refractivity contribution is 5.86. The Bertz CT molecular complexity index is 468. The van der Waals surface area contributed by atoms with Gasteiger partial charge in [-0.05, 0) is 18.6 Å². The van der Waals surface area contributed by atoms with Gasteiger partial charge < -0.3 is 15.2 Å². The lowest BCUT2D eigenvalue weighted by Crippen LogP contribution is -2.17. The SMILES string of the molecule is C=C(C)C(=O)OCCc1ccccc1OC(N)=O. The van der Waals surface area contributed by atoms with E-state index in [1.807, 2.05) is 0 Å². The van der Waals surface area contributed by atoms with Crippen LogP contribution in [0.4, 0.5) is 4.79 Å². The third-order valence-corrected chi connectivity index (χ3v) is 2.14. The summed E-state index contributed by atoms with van der Waals surface area (Å²) in [5, 5.41) is 0. The molecule has 0 aliphatic heterocycles. The number of ether oxygens (including phenoxy) is 2. The van der Waals surface area contributed by atoms with Crippen molar-refractivity contribution >= 4 is 12.1 Å². The third kappa shape index (κ3) is 4.29. The number of hydrogen-bond donors (Lipinski definition) is 1. The van der Waals surface area contributed by atoms with Crippen molar-refractivity contribution in [2.75, 3.05) is 6.61 Å². The quantitative estimate of drug-likeness (QED) is 0.637. The fourth-order valence-electron chi connectivity index (χ4n) is 1.30. The first kappa shape index (κ1) is 13.8. The molecule has 1 rings (SSSR count). The molecule has 0 spiro atoms. The van der Waals surface area contributed by atoms with E-state index >= 15 is 0 Å². The fourth-order valence-corrected chi connectivity index (χ4v) is 1.30. The van der Waals surface area contributed by atoms with E-state index in [2.05, 4.69) is 6.58 Å². The number of primary amides is 1. The van der Waals surface area contributed by atoms with Crippen LogP contribution in [0.5, 0.6) is 5.75 Å². The Kier molecular flexibility index (Phi) is 4.92. The maximum Gasteiger partial charge on any atom is 0.409 e. The summed E-state index contributed by atoms with van der Waals surface area (Å²) in [4.78, 5) is 21.9. The number of carbonyl (C=O) groups is 2. The van der Waals surface area contributed by atoms with Crippen LogP contribution in [0.25, 0.3) is 0 Å². The van der Waals surface area contributed by atoms with Gasteiger partial charge in [0, 0.05) is 12.0 Å². The molecule has 0 saturated carbocycles. The van der Waals surface area contributed by atoms with Crippen LogP contribution < -0.4 is 10.5 Å². The lowest BCUT2D eigenvalue weighted by molar-refractivity contribution is -0.138. The number of rotatable bonds is 5. The third-order valence-electron chi connectivity index (χ3n) is 2.14. The molecule has 0 aromatic heterocycles. The van der Waals surface area contributed by atoms with E-state index in [1.54, 1.807) is 31.2 Å². The number of benzene rings is 1. The van der Waals surface area contributed by atoms with Crippen molar-refractivity contribution in [2.24, 2.45) is 5.73 Å². The summed E-state index contributed by atoms with van der Waals surface area (Å²) in [7, 11) is 0. The van der Waals surface area contributed by atoms with Crippen molar-refractivity contribution in [3.05, 3.63) is 42.0 Å². The number of carbonyl (C=O) groups excluding carboxylic acids is 2. The molecular weight excluding hydrogens is 234 g/mol. The molecule has 96 valence electrons. The van der Waals surface area contributed by atoms with Gasteiger partial charge in [-0.2, -0.15) is 0 Å². The summed E-state index contributed by atoms with van der Waals surface area (Å²) in [6, 6.07) is 6.92. The molecule has 5 heteroatoms. The van der Waals surface area contributed by atoms with Gasteiger partial charge in [0.1, 0.15) is 5.75 Å². The smallest absolute Gasteiger partial charge is 0.409 e. The number of hydrogen-bond acceptors (Lipinski definition) is 4. The Hall–Kier alpha value is -2.30. The molecule has 0 aliphatic rings. The highest BCUT2D eigenvalue weighted by Crippen LogP contribution is 2.18. The first-order valence-corrected chi connectivity index (χ1v) is 5.38. The van der Waals surface area contributed by atoms with Crippen LogP contribution >= 0.6 is 0 Å². The standard InChI is InChI=1S/C13H15NO4/c1-9(2)12(15)17-8-7-10-5-3-4-6-11(10)18-13(14)16/h3-6H,1,7-8H2,2H3,(H2,14,16). The van der Waals surface area contributed by atoms with Gasteiger partial charge in [0.25, 0.3) is 0 Å². The van der Waals surface area contributed by atoms with Crippen molar-refractivity contribution in [1.29, 1.82) is 0 Å². The van der Waals surface area contributed by atoms with E-state index in [4.69, 9.17) is 15.2 Å². The minimum absolute atomic E-state index is 0.185. The molecule has 2 N–H and O–H groups in total. The van der Waals surface area contributed by atoms with Crippen molar-refractivity contribution in [2.45, 2.75) is 13.3 Å². The molecule has 0 radical (unpaired) electrons. The Balaban J connectivity index is 2.59. The molecule has 0 saturated heterocycles. The van der Waals surface area contributed by atoms with E-state index in [0.717, 1.165) is 5.56 Å². The van der Waals surface area contributed by atoms with Crippen LogP contribution in [-0.4, -0.2) is 18.7 Å². The normalized spacial score (nSPS) is 9.61. The number of nitrogens with two attached hydrogens (primary N) is 1. The molecule has 0 unspecified atom stereocenters. The highest BCUT2D eigenvalue weighted by atomic mass is 16.5. The average molecular weight is 249 g/mol. The van der Waals surface area contributed by atoms with Crippen LogP contribution in [-0.2, 0) is 16.0 Å². The van der Waals surface area contributed by atoms with E-state index in [1.165, 1.54) is 0 Å². The summed E-state index contributed by atoms with van der Waals surface area (Å²) in [5.41, 5.74) is 6.04. The summed E-state index contributed by atoms with van der Waals surface area (Å²) in [6.45, 7) is 5.24. The molecule has 0 atom stereocenters. The van der Waals surface area contributed by atoms with Gasteiger partial charge in [-0.3, -0.25) is 0 Å². The van der Waals surface area contributed by atoms with Gasteiger partial charge in [0.05, 0.1) is 6.61 Å². The monoisotopic (exact) mass is 249 g/mol. The molecule has 18 heavy (non-hydrogen) atoms. The van der Waals surface area contributed by atoms with Crippen LogP contribution in [0.3, 0.4) is 0 Å². The van der Waals surface area contributed by atoms with Gasteiger partial charge in [0.2, 0.25) is 0 Å². The fraction of sp³-hybridized carbons (Fsp3) is 0.231. The molecule has 0 bridgehead atoms. The Morgan fingerprint density at radius 1 is 1.33 bits per heavy atom. The van der Waals surface area contributed by atoms with Gasteiger partial charge in [-0.15, -0.1) is 0 Å². The molecular formula is C13H15NO4. The summed E-state index contributed by atoms with van der Waals surface area (Å²) < 4.78 is 9.79. The number of amides is 1. The van der Waals surface area contributed by atoms with Crippen molar-refractivity contribution < 1.29 is 19.1 Å². The van der Waals surface area contributed by atoms with E-state index in [9.17, 15) is 9.59 Å². The van der Waals surface area contributed by atoms with Gasteiger partial charge >= 0.3 is 12.1 Å². The second-order valence-electron chi connectivity index (χ2n) is 3.70. The molecule has 1 amide bonds. The topological polar surface area (TPSA) is 78.6 Å². The zero-order valence-corrected chi connectivity index (χ0v) is 10.1. The van der Waals surface area contributed by atoms with Crippen LogP contribution in [0.1, 0.15) is 12.5 Å². The zero-order chi connectivity index (χ0) is 13.5. The minimum atomic E-state index is -0.874. The number of esters is 1. The van der Waals surface area contributed by atoms with Crippen LogP contribution in [0, 0.1) is 0 Å². The van der Waals surface area contributed by atoms with Crippen molar-refractivity contribution in [3.8, 4) is 5.75 Å². The van der Waals surface area contributed by atoms with E-state index < -0.39 is 12.1 Å². The lowest BCUT2D eigenvalue weighted by atomic mass is 10.1. The first-order chi connectivity index (χ1) is 8.50. The summed E-state index contributed by atoms with van der Waals surface area (Å²) in [5.74, 6) is -0.0697. The predicted molar refractivity (Wildman–Crippen MR) is 66.1 cm³/mol. The maximum atomic E-state index is 11.2. The van der Waals surface area contributed by atoms with Gasteiger partial charge in [-0.25, -0.2) is 9.59 Å². The minimum Gasteiger partial charge on any atom is -0.462 e. The van der Waals surface area contributed by atoms with Crippen molar-refractivity contribution in [1.82, 2.24) is 0 Å². The molecule has 0 fully saturated rings. The Morgan fingerprint density at radius 2 is 2.00 bits per heavy atom. The number of para-hydroxylation sites is 1. The van der Waals surface area contributed by atoms with Crippen LogP contribution in [0.15, 0.2) is 36.4 Å². The van der Waals surface area contributed by atoms with E-state index in [0.29, 0.717) is 17.7 Å². The van der Waals surface area contributed by atoms with E-state index in [-0.39, 0.29) is 6.61 Å². The highest BCUT2D eigenvalue weighted by Gasteiger charge is 2.07. The predicted octanol–water partition coefficient (Wildman–Crippen LogP) is 1.81. The van der Waals surface area contributed by atoms with Crippen molar-refractivity contribution in [3.63, 3.8) is 0 Å². The summed E-state index contributed by atoms with van der Waals surface area (Å²) in [6.07, 6.45) is -0.441. The molecule has 0 aliphatic carbocycles. The van der Waals surface area contributed by atoms with Gasteiger partial charge in [0.15, 0.2) is 0 Å². The molecule has 1 aromatic carbocycles. The Morgan fingerprint density at radius 3 is 2.61 bits per heavy atom. The largest absolute Gasteiger partial charge is 0.462 e. The second-order valence-corrected chi connectivity index (χ2v) is 3.70.